The van der Waals surface area contributed by atoms with Crippen LogP contribution in [0.4, 0.5) is 0 Å². The van der Waals surface area contributed by atoms with E-state index in [1.54, 1.807) is 12.1 Å². The number of guanidine groups is 1. The number of amides is 1. The third-order valence-corrected chi connectivity index (χ3v) is 3.91. The quantitative estimate of drug-likeness (QED) is 0.355. The van der Waals surface area contributed by atoms with Gasteiger partial charge in [-0.05, 0) is 44.4 Å². The SMILES string of the molecule is CCNC(=NCc1cccc(C(N)=O)c1)NCC1(C)CCCO1.I. The summed E-state index contributed by atoms with van der Waals surface area (Å²) in [6, 6.07) is 7.23. The van der Waals surface area contributed by atoms with Gasteiger partial charge in [-0.25, -0.2) is 4.99 Å². The van der Waals surface area contributed by atoms with Crippen molar-refractivity contribution in [3.8, 4) is 0 Å². The van der Waals surface area contributed by atoms with Gasteiger partial charge in [-0.1, -0.05) is 12.1 Å². The molecule has 0 aliphatic carbocycles. The van der Waals surface area contributed by atoms with Crippen LogP contribution in [0.2, 0.25) is 0 Å². The number of nitrogens with zero attached hydrogens (tertiary/aromatic N) is 1. The zero-order valence-corrected chi connectivity index (χ0v) is 16.6. The molecule has 1 heterocycles. The van der Waals surface area contributed by atoms with E-state index in [-0.39, 0.29) is 29.6 Å². The van der Waals surface area contributed by atoms with Gasteiger partial charge in [0.2, 0.25) is 5.91 Å². The van der Waals surface area contributed by atoms with Crippen molar-refractivity contribution in [3.63, 3.8) is 0 Å². The van der Waals surface area contributed by atoms with E-state index in [0.29, 0.717) is 12.1 Å². The zero-order valence-electron chi connectivity index (χ0n) is 14.3. The Morgan fingerprint density at radius 2 is 2.21 bits per heavy atom. The standard InChI is InChI=1S/C17H26N4O2.HI/c1-3-19-16(21-12-17(2)8-5-9-23-17)20-11-13-6-4-7-14(10-13)15(18)22;/h4,6-7,10H,3,5,8-9,11-12H2,1-2H3,(H2,18,22)(H2,19,20,21);1H. The Hall–Kier alpha value is -1.35. The molecule has 1 aliphatic heterocycles. The molecule has 1 aromatic carbocycles. The Bertz CT molecular complexity index is 571. The number of nitrogens with one attached hydrogen (secondary N) is 2. The molecule has 0 bridgehead atoms. The largest absolute Gasteiger partial charge is 0.373 e. The van der Waals surface area contributed by atoms with Gasteiger partial charge in [0.25, 0.3) is 0 Å². The van der Waals surface area contributed by atoms with E-state index >= 15 is 0 Å². The topological polar surface area (TPSA) is 88.7 Å². The molecule has 0 saturated carbocycles. The third-order valence-electron chi connectivity index (χ3n) is 3.91. The molecule has 1 fully saturated rings. The zero-order chi connectivity index (χ0) is 16.7. The van der Waals surface area contributed by atoms with Crippen LogP contribution in [0.15, 0.2) is 29.3 Å². The third kappa shape index (κ3) is 6.27. The Kier molecular flexibility index (Phi) is 8.47. The van der Waals surface area contributed by atoms with Crippen molar-refractivity contribution in [3.05, 3.63) is 35.4 Å². The van der Waals surface area contributed by atoms with Crippen LogP contribution in [0.3, 0.4) is 0 Å². The highest BCUT2D eigenvalue weighted by Gasteiger charge is 2.29. The van der Waals surface area contributed by atoms with Crippen molar-refractivity contribution < 1.29 is 9.53 Å². The summed E-state index contributed by atoms with van der Waals surface area (Å²) in [5.74, 6) is 0.320. The second-order valence-electron chi connectivity index (χ2n) is 6.02. The van der Waals surface area contributed by atoms with Gasteiger partial charge in [-0.2, -0.15) is 0 Å². The molecule has 1 saturated heterocycles. The summed E-state index contributed by atoms with van der Waals surface area (Å²) >= 11 is 0. The molecular weight excluding hydrogens is 419 g/mol. The normalized spacial score (nSPS) is 20.3. The molecule has 0 spiro atoms. The first-order valence-corrected chi connectivity index (χ1v) is 8.07. The second kappa shape index (κ2) is 9.83. The smallest absolute Gasteiger partial charge is 0.248 e. The second-order valence-corrected chi connectivity index (χ2v) is 6.02. The predicted molar refractivity (Wildman–Crippen MR) is 107 cm³/mol. The van der Waals surface area contributed by atoms with Crippen molar-refractivity contribution in [1.82, 2.24) is 10.6 Å². The van der Waals surface area contributed by atoms with Gasteiger partial charge in [-0.3, -0.25) is 4.79 Å². The van der Waals surface area contributed by atoms with Crippen LogP contribution in [0, 0.1) is 0 Å². The number of halogens is 1. The van der Waals surface area contributed by atoms with Crippen LogP contribution < -0.4 is 16.4 Å². The number of aliphatic imine (C=N–C) groups is 1. The molecule has 0 aromatic heterocycles. The maximum absolute atomic E-state index is 11.2. The van der Waals surface area contributed by atoms with E-state index in [0.717, 1.165) is 44.1 Å². The summed E-state index contributed by atoms with van der Waals surface area (Å²) in [6.07, 6.45) is 2.16. The molecule has 7 heteroatoms. The van der Waals surface area contributed by atoms with Crippen molar-refractivity contribution >= 4 is 35.8 Å². The average Bonchev–Trinajstić information content (AvgIpc) is 2.97. The number of benzene rings is 1. The summed E-state index contributed by atoms with van der Waals surface area (Å²) < 4.78 is 5.78. The number of carbonyl (C=O) groups excluding carboxylic acids is 1. The van der Waals surface area contributed by atoms with Gasteiger partial charge < -0.3 is 21.1 Å². The van der Waals surface area contributed by atoms with E-state index in [1.165, 1.54) is 0 Å². The van der Waals surface area contributed by atoms with Crippen molar-refractivity contribution in [2.24, 2.45) is 10.7 Å². The Morgan fingerprint density at radius 3 is 2.83 bits per heavy atom. The fourth-order valence-corrected chi connectivity index (χ4v) is 2.58. The Balaban J connectivity index is 0.00000288. The average molecular weight is 446 g/mol. The molecule has 1 unspecified atom stereocenters. The number of hydrogen-bond acceptors (Lipinski definition) is 3. The van der Waals surface area contributed by atoms with E-state index < -0.39 is 5.91 Å². The number of hydrogen-bond donors (Lipinski definition) is 3. The molecular formula is C17H27IN4O2. The first-order chi connectivity index (χ1) is 11.0. The minimum Gasteiger partial charge on any atom is -0.373 e. The first kappa shape index (κ1) is 20.7. The van der Waals surface area contributed by atoms with Crippen LogP contribution in [-0.4, -0.2) is 37.2 Å². The molecule has 1 atom stereocenters. The van der Waals surface area contributed by atoms with Crippen LogP contribution >= 0.6 is 24.0 Å². The summed E-state index contributed by atoms with van der Waals surface area (Å²) in [4.78, 5) is 15.8. The molecule has 1 aromatic rings. The lowest BCUT2D eigenvalue weighted by Gasteiger charge is -2.24. The van der Waals surface area contributed by atoms with Crippen LogP contribution in [0.25, 0.3) is 0 Å². The number of rotatable bonds is 6. The Morgan fingerprint density at radius 1 is 1.42 bits per heavy atom. The van der Waals surface area contributed by atoms with Crippen molar-refractivity contribution in [2.45, 2.75) is 38.8 Å². The van der Waals surface area contributed by atoms with Gasteiger partial charge >= 0.3 is 0 Å². The summed E-state index contributed by atoms with van der Waals surface area (Å²) in [5, 5.41) is 6.56. The number of primary amides is 1. The van der Waals surface area contributed by atoms with Crippen molar-refractivity contribution in [2.75, 3.05) is 19.7 Å². The van der Waals surface area contributed by atoms with E-state index in [1.807, 2.05) is 19.1 Å². The minimum absolute atomic E-state index is 0. The molecule has 24 heavy (non-hydrogen) atoms. The Labute approximate surface area is 160 Å². The number of ether oxygens (including phenoxy) is 1. The van der Waals surface area contributed by atoms with E-state index in [4.69, 9.17) is 10.5 Å². The van der Waals surface area contributed by atoms with Gasteiger partial charge in [0.15, 0.2) is 5.96 Å². The highest BCUT2D eigenvalue weighted by atomic mass is 127. The van der Waals surface area contributed by atoms with Gasteiger partial charge in [-0.15, -0.1) is 24.0 Å². The molecule has 0 radical (unpaired) electrons. The maximum Gasteiger partial charge on any atom is 0.248 e. The molecule has 4 N–H and O–H groups in total. The summed E-state index contributed by atoms with van der Waals surface area (Å²) in [6.45, 7) is 6.95. The van der Waals surface area contributed by atoms with Crippen LogP contribution in [0.5, 0.6) is 0 Å². The van der Waals surface area contributed by atoms with Crippen LogP contribution in [-0.2, 0) is 11.3 Å². The maximum atomic E-state index is 11.2. The molecule has 6 nitrogen and oxygen atoms in total. The highest BCUT2D eigenvalue weighted by Crippen LogP contribution is 2.23. The van der Waals surface area contributed by atoms with Gasteiger partial charge in [0.05, 0.1) is 12.1 Å². The molecule has 2 rings (SSSR count). The molecule has 1 amide bonds. The fraction of sp³-hybridized carbons (Fsp3) is 0.529. The van der Waals surface area contributed by atoms with Crippen LogP contribution in [0.1, 0.15) is 42.6 Å². The van der Waals surface area contributed by atoms with Crippen molar-refractivity contribution in [1.29, 1.82) is 0 Å². The van der Waals surface area contributed by atoms with E-state index in [2.05, 4.69) is 22.5 Å². The fourth-order valence-electron chi connectivity index (χ4n) is 2.58. The number of nitrogens with two attached hydrogens (primary N) is 1. The monoisotopic (exact) mass is 446 g/mol. The number of carbonyl (C=O) groups is 1. The molecule has 1 aliphatic rings. The lowest BCUT2D eigenvalue weighted by molar-refractivity contribution is 0.0243. The van der Waals surface area contributed by atoms with Gasteiger partial charge in [0.1, 0.15) is 0 Å². The summed E-state index contributed by atoms with van der Waals surface area (Å²) in [7, 11) is 0. The molecule has 134 valence electrons. The summed E-state index contributed by atoms with van der Waals surface area (Å²) in [5.41, 5.74) is 6.63. The van der Waals surface area contributed by atoms with E-state index in [9.17, 15) is 4.79 Å². The minimum atomic E-state index is -0.424. The van der Waals surface area contributed by atoms with Gasteiger partial charge in [0, 0.05) is 25.3 Å². The first-order valence-electron chi connectivity index (χ1n) is 8.07. The lowest BCUT2D eigenvalue weighted by atomic mass is 10.0. The highest BCUT2D eigenvalue weighted by molar-refractivity contribution is 14.0. The predicted octanol–water partition coefficient (Wildman–Crippen LogP) is 2.03. The lowest BCUT2D eigenvalue weighted by Crippen LogP contribution is -2.45.